The third-order valence-corrected chi connectivity index (χ3v) is 6.26. The number of carbonyl (C=O) groups excluding carboxylic acids is 1. The van der Waals surface area contributed by atoms with Crippen molar-refractivity contribution in [2.75, 3.05) is 39.3 Å². The van der Waals surface area contributed by atoms with E-state index in [0.29, 0.717) is 17.5 Å². The van der Waals surface area contributed by atoms with Gasteiger partial charge in [0.25, 0.3) is 5.91 Å². The molecule has 0 spiro atoms. The normalized spacial score (nSPS) is 17.8. The van der Waals surface area contributed by atoms with Crippen LogP contribution in [0.25, 0.3) is 10.6 Å². The van der Waals surface area contributed by atoms with Gasteiger partial charge in [-0.15, -0.1) is 11.3 Å². The molecule has 2 aromatic rings. The molecule has 1 N–H and O–H groups in total. The number of carbonyl (C=O) groups is 1. The van der Waals surface area contributed by atoms with Crippen molar-refractivity contribution in [3.63, 3.8) is 0 Å². The first kappa shape index (κ1) is 17.5. The van der Waals surface area contributed by atoms with Crippen molar-refractivity contribution in [3.8, 4) is 10.6 Å². The van der Waals surface area contributed by atoms with Crippen molar-refractivity contribution in [2.24, 2.45) is 0 Å². The smallest absolute Gasteiger partial charge is 0.263 e. The number of aromatic nitrogens is 1. The summed E-state index contributed by atoms with van der Waals surface area (Å²) in [5.41, 5.74) is 1.09. The molecule has 1 fully saturated rings. The van der Waals surface area contributed by atoms with Gasteiger partial charge in [-0.1, -0.05) is 6.92 Å². The fourth-order valence-electron chi connectivity index (χ4n) is 2.88. The van der Waals surface area contributed by atoms with Gasteiger partial charge in [0.15, 0.2) is 0 Å². The molecular formula is C17H24N4OS2. The predicted octanol–water partition coefficient (Wildman–Crippen LogP) is 2.63. The van der Waals surface area contributed by atoms with Crippen LogP contribution in [0.3, 0.4) is 0 Å². The van der Waals surface area contributed by atoms with Gasteiger partial charge in [0.2, 0.25) is 0 Å². The van der Waals surface area contributed by atoms with Crippen molar-refractivity contribution in [1.82, 2.24) is 20.1 Å². The van der Waals surface area contributed by atoms with Crippen LogP contribution >= 0.6 is 22.7 Å². The maximum atomic E-state index is 12.3. The Hall–Kier alpha value is -1.28. The lowest BCUT2D eigenvalue weighted by molar-refractivity contribution is 0.0886. The molecule has 130 valence electrons. The third kappa shape index (κ3) is 4.22. The zero-order valence-corrected chi connectivity index (χ0v) is 15.8. The average Bonchev–Trinajstić information content (AvgIpc) is 3.30. The zero-order chi connectivity index (χ0) is 16.9. The molecule has 1 amide bonds. The molecule has 0 bridgehead atoms. The quantitative estimate of drug-likeness (QED) is 0.856. The summed E-state index contributed by atoms with van der Waals surface area (Å²) < 4.78 is 0. The molecule has 3 heterocycles. The highest BCUT2D eigenvalue weighted by atomic mass is 32.1. The molecule has 2 aromatic heterocycles. The lowest BCUT2D eigenvalue weighted by Gasteiger charge is -2.37. The molecule has 7 heteroatoms. The van der Waals surface area contributed by atoms with Crippen LogP contribution < -0.4 is 5.32 Å². The van der Waals surface area contributed by atoms with Gasteiger partial charge in [-0.05, 0) is 24.9 Å². The highest BCUT2D eigenvalue weighted by Gasteiger charge is 2.21. The molecule has 3 rings (SSSR count). The minimum atomic E-state index is -0.0203. The Kier molecular flexibility index (Phi) is 5.99. The molecule has 1 atom stereocenters. The molecule has 1 saturated heterocycles. The van der Waals surface area contributed by atoms with Crippen molar-refractivity contribution >= 4 is 28.6 Å². The topological polar surface area (TPSA) is 48.5 Å². The van der Waals surface area contributed by atoms with Gasteiger partial charge in [0.1, 0.15) is 9.88 Å². The van der Waals surface area contributed by atoms with Crippen molar-refractivity contribution in [2.45, 2.75) is 19.9 Å². The summed E-state index contributed by atoms with van der Waals surface area (Å²) in [6.07, 6.45) is 1.68. The molecule has 0 radical (unpaired) electrons. The Bertz CT molecular complexity index is 647. The fraction of sp³-hybridized carbons (Fsp3) is 0.529. The van der Waals surface area contributed by atoms with Gasteiger partial charge in [-0.2, -0.15) is 11.3 Å². The highest BCUT2D eigenvalue weighted by Crippen LogP contribution is 2.26. The van der Waals surface area contributed by atoms with Crippen LogP contribution in [-0.2, 0) is 0 Å². The Morgan fingerprint density at radius 3 is 2.83 bits per heavy atom. The van der Waals surface area contributed by atoms with E-state index in [0.717, 1.165) is 43.3 Å². The van der Waals surface area contributed by atoms with Crippen LogP contribution in [0.4, 0.5) is 0 Å². The van der Waals surface area contributed by atoms with E-state index in [1.54, 1.807) is 17.5 Å². The van der Waals surface area contributed by atoms with E-state index in [1.165, 1.54) is 11.3 Å². The predicted molar refractivity (Wildman–Crippen MR) is 101 cm³/mol. The van der Waals surface area contributed by atoms with E-state index in [9.17, 15) is 4.79 Å². The van der Waals surface area contributed by atoms with E-state index >= 15 is 0 Å². The second kappa shape index (κ2) is 8.20. The van der Waals surface area contributed by atoms with Crippen molar-refractivity contribution < 1.29 is 4.79 Å². The van der Waals surface area contributed by atoms with Crippen molar-refractivity contribution in [1.29, 1.82) is 0 Å². The van der Waals surface area contributed by atoms with Crippen LogP contribution in [-0.4, -0.2) is 66.0 Å². The largest absolute Gasteiger partial charge is 0.350 e. The van der Waals surface area contributed by atoms with Gasteiger partial charge in [-0.25, -0.2) is 4.98 Å². The Labute approximate surface area is 151 Å². The van der Waals surface area contributed by atoms with Gasteiger partial charge in [0, 0.05) is 49.7 Å². The first-order valence-electron chi connectivity index (χ1n) is 8.40. The summed E-state index contributed by atoms with van der Waals surface area (Å²) in [6.45, 7) is 10.6. The summed E-state index contributed by atoms with van der Waals surface area (Å²) in [5, 5.41) is 8.04. The van der Waals surface area contributed by atoms with E-state index in [-0.39, 0.29) is 5.91 Å². The number of nitrogens with zero attached hydrogens (tertiary/aromatic N) is 3. The lowest BCUT2D eigenvalue weighted by atomic mass is 10.2. The standard InChI is InChI=1S/C17H24N4OS2/c1-3-20-5-7-21(8-6-20)13(2)10-18-16(22)15-11-19-17(24-15)14-4-9-23-12-14/h4,9,11-13H,3,5-8,10H2,1-2H3,(H,18,22)/t13-/m1/s1. The summed E-state index contributed by atoms with van der Waals surface area (Å²) >= 11 is 3.09. The lowest BCUT2D eigenvalue weighted by Crippen LogP contribution is -2.52. The minimum absolute atomic E-state index is 0.0203. The number of thiophene rings is 1. The molecule has 0 saturated carbocycles. The number of amides is 1. The van der Waals surface area contributed by atoms with Gasteiger partial charge < -0.3 is 10.2 Å². The monoisotopic (exact) mass is 364 g/mol. The van der Waals surface area contributed by atoms with Crippen LogP contribution in [0.2, 0.25) is 0 Å². The summed E-state index contributed by atoms with van der Waals surface area (Å²) in [7, 11) is 0. The number of nitrogens with one attached hydrogen (secondary N) is 1. The number of rotatable bonds is 6. The maximum Gasteiger partial charge on any atom is 0.263 e. The molecule has 0 unspecified atom stereocenters. The number of likely N-dealkylation sites (N-methyl/N-ethyl adjacent to an activating group) is 1. The zero-order valence-electron chi connectivity index (χ0n) is 14.2. The summed E-state index contributed by atoms with van der Waals surface area (Å²) in [6, 6.07) is 2.39. The molecule has 5 nitrogen and oxygen atoms in total. The van der Waals surface area contributed by atoms with E-state index in [4.69, 9.17) is 0 Å². The van der Waals surface area contributed by atoms with E-state index < -0.39 is 0 Å². The van der Waals surface area contributed by atoms with Crippen LogP contribution in [0.15, 0.2) is 23.0 Å². The molecule has 1 aliphatic rings. The second-order valence-corrected chi connectivity index (χ2v) is 7.88. The first-order valence-corrected chi connectivity index (χ1v) is 10.2. The molecule has 0 aliphatic carbocycles. The van der Waals surface area contributed by atoms with Crippen LogP contribution in [0, 0.1) is 0 Å². The highest BCUT2D eigenvalue weighted by molar-refractivity contribution is 7.17. The van der Waals surface area contributed by atoms with E-state index in [2.05, 4.69) is 39.3 Å². The molecule has 1 aliphatic heterocycles. The van der Waals surface area contributed by atoms with E-state index in [1.807, 2.05) is 11.4 Å². The van der Waals surface area contributed by atoms with Crippen molar-refractivity contribution in [3.05, 3.63) is 27.9 Å². The SMILES string of the molecule is CCN1CCN([C@H](C)CNC(=O)c2cnc(-c3ccsc3)s2)CC1. The Morgan fingerprint density at radius 1 is 1.38 bits per heavy atom. The van der Waals surface area contributed by atoms with Gasteiger partial charge in [-0.3, -0.25) is 9.69 Å². The summed E-state index contributed by atoms with van der Waals surface area (Å²) in [4.78, 5) is 22.3. The fourth-order valence-corrected chi connectivity index (χ4v) is 4.42. The minimum Gasteiger partial charge on any atom is -0.350 e. The number of piperazine rings is 1. The Balaban J connectivity index is 1.49. The molecule has 24 heavy (non-hydrogen) atoms. The Morgan fingerprint density at radius 2 is 2.17 bits per heavy atom. The number of hydrogen-bond donors (Lipinski definition) is 1. The summed E-state index contributed by atoms with van der Waals surface area (Å²) in [5.74, 6) is -0.0203. The third-order valence-electron chi connectivity index (χ3n) is 4.53. The van der Waals surface area contributed by atoms with Crippen LogP contribution in [0.1, 0.15) is 23.5 Å². The maximum absolute atomic E-state index is 12.3. The molecule has 0 aromatic carbocycles. The average molecular weight is 365 g/mol. The number of hydrogen-bond acceptors (Lipinski definition) is 6. The van der Waals surface area contributed by atoms with Gasteiger partial charge >= 0.3 is 0 Å². The van der Waals surface area contributed by atoms with Crippen LogP contribution in [0.5, 0.6) is 0 Å². The number of thiazole rings is 1. The molecular weight excluding hydrogens is 340 g/mol. The second-order valence-electron chi connectivity index (χ2n) is 6.07. The van der Waals surface area contributed by atoms with Gasteiger partial charge in [0.05, 0.1) is 6.20 Å². The first-order chi connectivity index (χ1) is 11.7.